The van der Waals surface area contributed by atoms with Gasteiger partial charge in [0.25, 0.3) is 0 Å². The summed E-state index contributed by atoms with van der Waals surface area (Å²) in [5, 5.41) is 4.09. The van der Waals surface area contributed by atoms with E-state index in [4.69, 9.17) is 0 Å². The first kappa shape index (κ1) is 16.5. The molecule has 3 rings (SSSR count). The highest BCUT2D eigenvalue weighted by Gasteiger charge is 2.13. The van der Waals surface area contributed by atoms with Crippen LogP contribution in [0.5, 0.6) is 0 Å². The summed E-state index contributed by atoms with van der Waals surface area (Å²) in [7, 11) is -3.18. The fourth-order valence-corrected chi connectivity index (χ4v) is 3.93. The van der Waals surface area contributed by atoms with Crippen LogP contribution in [0.4, 0.5) is 0 Å². The van der Waals surface area contributed by atoms with Crippen LogP contribution >= 0.6 is 0 Å². The van der Waals surface area contributed by atoms with Crippen molar-refractivity contribution in [3.63, 3.8) is 0 Å². The Bertz CT molecular complexity index is 998. The van der Waals surface area contributed by atoms with Gasteiger partial charge in [-0.2, -0.15) is 5.10 Å². The van der Waals surface area contributed by atoms with Crippen molar-refractivity contribution < 1.29 is 8.42 Å². The van der Waals surface area contributed by atoms with Crippen LogP contribution in [-0.2, 0) is 22.9 Å². The molecule has 0 unspecified atom stereocenters. The Labute approximate surface area is 139 Å². The van der Waals surface area contributed by atoms with Crippen LogP contribution in [0.3, 0.4) is 0 Å². The van der Waals surface area contributed by atoms with E-state index in [2.05, 4.69) is 10.1 Å². The minimum atomic E-state index is -3.18. The molecule has 1 aromatic carbocycles. The molecule has 128 valence electrons. The van der Waals surface area contributed by atoms with Gasteiger partial charge in [-0.1, -0.05) is 12.1 Å². The molecule has 0 saturated carbocycles. The summed E-state index contributed by atoms with van der Waals surface area (Å²) in [4.78, 5) is 14.7. The lowest BCUT2D eigenvalue weighted by Crippen LogP contribution is -2.21. The molecule has 0 aliphatic carbocycles. The number of para-hydroxylation sites is 2. The lowest BCUT2D eigenvalue weighted by molar-refractivity contribution is 0.572. The highest BCUT2D eigenvalue weighted by atomic mass is 32.2. The fourth-order valence-electron chi connectivity index (χ4n) is 2.70. The Balaban J connectivity index is 1.58. The van der Waals surface area contributed by atoms with E-state index in [1.165, 1.54) is 0 Å². The highest BCUT2D eigenvalue weighted by molar-refractivity contribution is 7.91. The number of aryl methyl sites for hydroxylation is 3. The molecule has 2 aromatic heterocycles. The topological polar surface area (TPSA) is 89.8 Å². The van der Waals surface area contributed by atoms with E-state index in [1.807, 2.05) is 37.4 Å². The lowest BCUT2D eigenvalue weighted by atomic mass is 10.3. The number of fused-ring (bicyclic) bond motifs is 1. The van der Waals surface area contributed by atoms with Crippen LogP contribution in [0.1, 0.15) is 12.0 Å². The van der Waals surface area contributed by atoms with Gasteiger partial charge >= 0.3 is 5.69 Å². The number of aromatic amines is 1. The van der Waals surface area contributed by atoms with E-state index in [0.717, 1.165) is 16.6 Å². The minimum absolute atomic E-state index is 0.0525. The summed E-state index contributed by atoms with van der Waals surface area (Å²) >= 11 is 0. The average molecular weight is 348 g/mol. The Hall–Kier alpha value is -2.35. The smallest absolute Gasteiger partial charge is 0.306 e. The van der Waals surface area contributed by atoms with E-state index in [0.29, 0.717) is 19.5 Å². The second kappa shape index (κ2) is 6.64. The van der Waals surface area contributed by atoms with Crippen LogP contribution < -0.4 is 5.69 Å². The summed E-state index contributed by atoms with van der Waals surface area (Å²) in [5.74, 6) is 0.107. The van der Waals surface area contributed by atoms with E-state index >= 15 is 0 Å². The summed E-state index contributed by atoms with van der Waals surface area (Å²) in [5.41, 5.74) is 2.36. The Morgan fingerprint density at radius 1 is 1.17 bits per heavy atom. The third-order valence-electron chi connectivity index (χ3n) is 3.91. The number of H-pyrrole nitrogens is 1. The van der Waals surface area contributed by atoms with Gasteiger partial charge in [-0.3, -0.25) is 9.25 Å². The molecule has 0 saturated heterocycles. The van der Waals surface area contributed by atoms with Gasteiger partial charge in [0.15, 0.2) is 9.84 Å². The SMILES string of the molecule is Cc1cnn(CCS(=O)(=O)CCCn2c(=O)[nH]c3ccccc32)c1. The molecule has 0 radical (unpaired) electrons. The molecular formula is C16H20N4O3S. The van der Waals surface area contributed by atoms with Crippen molar-refractivity contribution in [2.45, 2.75) is 26.4 Å². The van der Waals surface area contributed by atoms with Gasteiger partial charge in [-0.25, -0.2) is 13.2 Å². The Morgan fingerprint density at radius 2 is 1.96 bits per heavy atom. The maximum Gasteiger partial charge on any atom is 0.326 e. The maximum atomic E-state index is 12.2. The van der Waals surface area contributed by atoms with E-state index in [1.54, 1.807) is 15.4 Å². The molecule has 3 aromatic rings. The molecule has 24 heavy (non-hydrogen) atoms. The second-order valence-electron chi connectivity index (χ2n) is 5.89. The standard InChI is InChI=1S/C16H20N4O3S/c1-13-11-17-19(12-13)8-10-24(22,23)9-4-7-20-15-6-3-2-5-14(15)18-16(20)21/h2-3,5-6,11-12H,4,7-10H2,1H3,(H,18,21). The Kier molecular flexibility index (Phi) is 4.57. The predicted molar refractivity (Wildman–Crippen MR) is 92.8 cm³/mol. The molecule has 0 aliphatic rings. The minimum Gasteiger partial charge on any atom is -0.306 e. The average Bonchev–Trinajstić information content (AvgIpc) is 3.09. The van der Waals surface area contributed by atoms with Gasteiger partial charge in [-0.05, 0) is 31.0 Å². The van der Waals surface area contributed by atoms with Crippen LogP contribution in [0.25, 0.3) is 11.0 Å². The largest absolute Gasteiger partial charge is 0.326 e. The first-order chi connectivity index (χ1) is 11.4. The van der Waals surface area contributed by atoms with Gasteiger partial charge in [0.1, 0.15) is 0 Å². The molecule has 1 N–H and O–H groups in total. The van der Waals surface area contributed by atoms with Crippen LogP contribution in [0.2, 0.25) is 0 Å². The number of aromatic nitrogens is 4. The van der Waals surface area contributed by atoms with Crippen LogP contribution in [0, 0.1) is 6.92 Å². The molecule has 0 bridgehead atoms. The van der Waals surface area contributed by atoms with Gasteiger partial charge in [-0.15, -0.1) is 0 Å². The first-order valence-electron chi connectivity index (χ1n) is 7.82. The normalized spacial score (nSPS) is 12.0. The summed E-state index contributed by atoms with van der Waals surface area (Å²) in [6.07, 6.45) is 3.93. The molecule has 0 fully saturated rings. The van der Waals surface area contributed by atoms with Gasteiger partial charge in [0.2, 0.25) is 0 Å². The second-order valence-corrected chi connectivity index (χ2v) is 8.19. The first-order valence-corrected chi connectivity index (χ1v) is 9.64. The molecule has 0 aliphatic heterocycles. The summed E-state index contributed by atoms with van der Waals surface area (Å²) in [6.45, 7) is 2.64. The quantitative estimate of drug-likeness (QED) is 0.698. The number of hydrogen-bond acceptors (Lipinski definition) is 4. The van der Waals surface area contributed by atoms with Crippen molar-refractivity contribution in [2.24, 2.45) is 0 Å². The van der Waals surface area contributed by atoms with Gasteiger partial charge in [0, 0.05) is 12.7 Å². The number of benzene rings is 1. The number of rotatable bonds is 7. The van der Waals surface area contributed by atoms with Gasteiger partial charge in [0.05, 0.1) is 35.3 Å². The number of hydrogen-bond donors (Lipinski definition) is 1. The van der Waals surface area contributed by atoms with Crippen molar-refractivity contribution in [3.05, 3.63) is 52.7 Å². The number of imidazole rings is 1. The van der Waals surface area contributed by atoms with Crippen molar-refractivity contribution in [3.8, 4) is 0 Å². The highest BCUT2D eigenvalue weighted by Crippen LogP contribution is 2.09. The molecule has 0 amide bonds. The lowest BCUT2D eigenvalue weighted by Gasteiger charge is -2.06. The third kappa shape index (κ3) is 3.76. The Morgan fingerprint density at radius 3 is 2.71 bits per heavy atom. The fraction of sp³-hybridized carbons (Fsp3) is 0.375. The van der Waals surface area contributed by atoms with Crippen LogP contribution in [-0.4, -0.2) is 39.3 Å². The molecule has 0 atom stereocenters. The number of nitrogens with one attached hydrogen (secondary N) is 1. The molecule has 7 nitrogen and oxygen atoms in total. The van der Waals surface area contributed by atoms with E-state index in [9.17, 15) is 13.2 Å². The molecular weight excluding hydrogens is 328 g/mol. The zero-order valence-electron chi connectivity index (χ0n) is 13.5. The molecule has 0 spiro atoms. The van der Waals surface area contributed by atoms with Crippen molar-refractivity contribution >= 4 is 20.9 Å². The number of nitrogens with zero attached hydrogens (tertiary/aromatic N) is 3. The van der Waals surface area contributed by atoms with Gasteiger partial charge < -0.3 is 4.98 Å². The van der Waals surface area contributed by atoms with Crippen LogP contribution in [0.15, 0.2) is 41.5 Å². The monoisotopic (exact) mass is 348 g/mol. The van der Waals surface area contributed by atoms with E-state index < -0.39 is 9.84 Å². The van der Waals surface area contributed by atoms with Crippen molar-refractivity contribution in [1.82, 2.24) is 19.3 Å². The molecule has 2 heterocycles. The van der Waals surface area contributed by atoms with Crippen molar-refractivity contribution in [2.75, 3.05) is 11.5 Å². The van der Waals surface area contributed by atoms with E-state index in [-0.39, 0.29) is 17.2 Å². The summed E-state index contributed by atoms with van der Waals surface area (Å²) in [6, 6.07) is 7.39. The zero-order chi connectivity index (χ0) is 17.2. The maximum absolute atomic E-state index is 12.2. The molecule has 8 heteroatoms. The van der Waals surface area contributed by atoms with Crippen molar-refractivity contribution in [1.29, 1.82) is 0 Å². The number of sulfone groups is 1. The predicted octanol–water partition coefficient (Wildman–Crippen LogP) is 1.34. The zero-order valence-corrected chi connectivity index (χ0v) is 14.3. The summed E-state index contributed by atoms with van der Waals surface area (Å²) < 4.78 is 27.5. The third-order valence-corrected chi connectivity index (χ3v) is 5.63.